The Bertz CT molecular complexity index is 930. The second-order valence-corrected chi connectivity index (χ2v) is 8.98. The van der Waals surface area contributed by atoms with Gasteiger partial charge in [0.05, 0.1) is 17.9 Å². The van der Waals surface area contributed by atoms with Crippen molar-refractivity contribution in [3.63, 3.8) is 0 Å². The molecular weight excluding hydrogens is 395 g/mol. The van der Waals surface area contributed by atoms with E-state index < -0.39 is 21.8 Å². The van der Waals surface area contributed by atoms with Gasteiger partial charge in [0.15, 0.2) is 0 Å². The van der Waals surface area contributed by atoms with Gasteiger partial charge in [-0.25, -0.2) is 12.8 Å². The number of sulfonamides is 1. The van der Waals surface area contributed by atoms with Crippen molar-refractivity contribution in [2.75, 3.05) is 26.7 Å². The Kier molecular flexibility index (Phi) is 6.87. The highest BCUT2D eigenvalue weighted by Crippen LogP contribution is 2.24. The minimum Gasteiger partial charge on any atom is -0.497 e. The van der Waals surface area contributed by atoms with Crippen LogP contribution in [0.2, 0.25) is 0 Å². The molecule has 1 atom stereocenters. The van der Waals surface area contributed by atoms with Gasteiger partial charge in [0.1, 0.15) is 11.6 Å². The van der Waals surface area contributed by atoms with Crippen LogP contribution < -0.4 is 10.1 Å². The summed E-state index contributed by atoms with van der Waals surface area (Å²) in [5.41, 5.74) is 1.08. The first kappa shape index (κ1) is 21.3. The number of carbonyl (C=O) groups excluding carboxylic acids is 1. The third-order valence-corrected chi connectivity index (χ3v) is 6.96. The largest absolute Gasteiger partial charge is 0.497 e. The van der Waals surface area contributed by atoms with Gasteiger partial charge in [0, 0.05) is 19.6 Å². The average molecular weight is 421 g/mol. The summed E-state index contributed by atoms with van der Waals surface area (Å²) in [6.45, 7) is 0.968. The molecule has 2 aromatic carbocycles. The molecule has 0 spiro atoms. The Morgan fingerprint density at radius 3 is 2.52 bits per heavy atom. The molecule has 1 aliphatic rings. The number of carbonyl (C=O) groups is 1. The van der Waals surface area contributed by atoms with Crippen molar-refractivity contribution in [2.45, 2.75) is 24.2 Å². The predicted molar refractivity (Wildman–Crippen MR) is 108 cm³/mol. The Balaban J connectivity index is 1.55. The van der Waals surface area contributed by atoms with Crippen LogP contribution in [0.4, 0.5) is 4.39 Å². The molecule has 0 unspecified atom stereocenters. The summed E-state index contributed by atoms with van der Waals surface area (Å²) >= 11 is 0. The molecule has 156 valence electrons. The Morgan fingerprint density at radius 1 is 1.17 bits per heavy atom. The molecule has 0 radical (unpaired) electrons. The molecule has 1 N–H and O–H groups in total. The SMILES string of the molecule is COc1ccc(CCNC(=O)[C@@H]2CCCN(S(=O)(=O)c3ccc(F)cc3)C2)cc1. The summed E-state index contributed by atoms with van der Waals surface area (Å²) in [6, 6.07) is 12.4. The van der Waals surface area contributed by atoms with Crippen molar-refractivity contribution < 1.29 is 22.3 Å². The summed E-state index contributed by atoms with van der Waals surface area (Å²) in [7, 11) is -2.13. The number of ether oxygens (including phenoxy) is 1. The summed E-state index contributed by atoms with van der Waals surface area (Å²) in [6.07, 6.45) is 1.93. The maximum atomic E-state index is 13.1. The highest BCUT2D eigenvalue weighted by Gasteiger charge is 2.33. The fraction of sp³-hybridized carbons (Fsp3) is 0.381. The molecule has 1 saturated heterocycles. The Hall–Kier alpha value is -2.45. The second kappa shape index (κ2) is 9.37. The number of rotatable bonds is 7. The molecule has 0 aliphatic carbocycles. The highest BCUT2D eigenvalue weighted by atomic mass is 32.2. The summed E-state index contributed by atoms with van der Waals surface area (Å²) in [5, 5.41) is 2.91. The summed E-state index contributed by atoms with van der Waals surface area (Å²) in [4.78, 5) is 12.6. The van der Waals surface area contributed by atoms with Gasteiger partial charge in [-0.2, -0.15) is 4.31 Å². The third-order valence-electron chi connectivity index (χ3n) is 5.08. The van der Waals surface area contributed by atoms with Crippen LogP contribution in [0.25, 0.3) is 0 Å². The fourth-order valence-corrected chi connectivity index (χ4v) is 4.92. The van der Waals surface area contributed by atoms with Crippen molar-refractivity contribution in [1.29, 1.82) is 0 Å². The lowest BCUT2D eigenvalue weighted by Gasteiger charge is -2.31. The average Bonchev–Trinajstić information content (AvgIpc) is 2.74. The van der Waals surface area contributed by atoms with Crippen molar-refractivity contribution in [3.05, 3.63) is 59.9 Å². The van der Waals surface area contributed by atoms with Crippen molar-refractivity contribution in [2.24, 2.45) is 5.92 Å². The molecule has 0 aromatic heterocycles. The molecule has 1 amide bonds. The van der Waals surface area contributed by atoms with Crippen LogP contribution in [0.15, 0.2) is 53.4 Å². The zero-order valence-corrected chi connectivity index (χ0v) is 17.1. The van der Waals surface area contributed by atoms with Crippen molar-refractivity contribution in [3.8, 4) is 5.75 Å². The number of methoxy groups -OCH3 is 1. The normalized spacial score (nSPS) is 17.7. The lowest BCUT2D eigenvalue weighted by atomic mass is 9.99. The highest BCUT2D eigenvalue weighted by molar-refractivity contribution is 7.89. The van der Waals surface area contributed by atoms with E-state index in [4.69, 9.17) is 4.74 Å². The van der Waals surface area contributed by atoms with Crippen molar-refractivity contribution in [1.82, 2.24) is 9.62 Å². The molecule has 0 saturated carbocycles. The molecule has 8 heteroatoms. The van der Waals surface area contributed by atoms with E-state index in [2.05, 4.69) is 5.32 Å². The van der Waals surface area contributed by atoms with Gasteiger partial charge >= 0.3 is 0 Å². The van der Waals surface area contributed by atoms with E-state index in [-0.39, 0.29) is 17.3 Å². The quantitative estimate of drug-likeness (QED) is 0.747. The van der Waals surface area contributed by atoms with E-state index in [1.54, 1.807) is 7.11 Å². The smallest absolute Gasteiger partial charge is 0.243 e. The number of piperidine rings is 1. The van der Waals surface area contributed by atoms with Crippen LogP contribution in [0, 0.1) is 11.7 Å². The molecule has 1 heterocycles. The molecule has 29 heavy (non-hydrogen) atoms. The van der Waals surface area contributed by atoms with Crippen molar-refractivity contribution >= 4 is 15.9 Å². The van der Waals surface area contributed by atoms with E-state index in [1.807, 2.05) is 24.3 Å². The first-order chi connectivity index (χ1) is 13.9. The number of nitrogens with zero attached hydrogens (tertiary/aromatic N) is 1. The lowest BCUT2D eigenvalue weighted by Crippen LogP contribution is -2.45. The minimum atomic E-state index is -3.74. The minimum absolute atomic E-state index is 0.0412. The predicted octanol–water partition coefficient (Wildman–Crippen LogP) is 2.59. The maximum absolute atomic E-state index is 13.1. The van der Waals surface area contributed by atoms with E-state index in [1.165, 1.54) is 16.4 Å². The number of nitrogens with one attached hydrogen (secondary N) is 1. The standard InChI is InChI=1S/C21H25FN2O4S/c1-28-19-8-4-16(5-9-19)12-13-23-21(25)17-3-2-14-24(15-17)29(26,27)20-10-6-18(22)7-11-20/h4-11,17H,2-3,12-15H2,1H3,(H,23,25)/t17-/m1/s1. The van der Waals surface area contributed by atoms with Gasteiger partial charge in [0.2, 0.25) is 15.9 Å². The molecule has 0 bridgehead atoms. The number of benzene rings is 2. The zero-order valence-electron chi connectivity index (χ0n) is 16.3. The topological polar surface area (TPSA) is 75.7 Å². The van der Waals surface area contributed by atoms with E-state index in [9.17, 15) is 17.6 Å². The Morgan fingerprint density at radius 2 is 1.86 bits per heavy atom. The number of hydrogen-bond acceptors (Lipinski definition) is 4. The molecule has 3 rings (SSSR count). The van der Waals surface area contributed by atoms with E-state index >= 15 is 0 Å². The van der Waals surface area contributed by atoms with Crippen LogP contribution in [-0.4, -0.2) is 45.4 Å². The van der Waals surface area contributed by atoms with Gasteiger partial charge in [-0.1, -0.05) is 12.1 Å². The van der Waals surface area contributed by atoms with Gasteiger partial charge < -0.3 is 10.1 Å². The summed E-state index contributed by atoms with van der Waals surface area (Å²) in [5.74, 6) is -0.244. The van der Waals surface area contributed by atoms with Crippen LogP contribution in [-0.2, 0) is 21.2 Å². The molecule has 1 aliphatic heterocycles. The Labute approximate surface area is 170 Å². The van der Waals surface area contributed by atoms with Gasteiger partial charge in [-0.3, -0.25) is 4.79 Å². The van der Waals surface area contributed by atoms with E-state index in [0.29, 0.717) is 32.4 Å². The van der Waals surface area contributed by atoms with Gasteiger partial charge in [-0.15, -0.1) is 0 Å². The van der Waals surface area contributed by atoms with E-state index in [0.717, 1.165) is 23.4 Å². The van der Waals surface area contributed by atoms with Crippen LogP contribution in [0.5, 0.6) is 5.75 Å². The molecular formula is C21H25FN2O4S. The van der Waals surface area contributed by atoms with Crippen LogP contribution in [0.1, 0.15) is 18.4 Å². The lowest BCUT2D eigenvalue weighted by molar-refractivity contribution is -0.126. The molecule has 1 fully saturated rings. The monoisotopic (exact) mass is 420 g/mol. The van der Waals surface area contributed by atoms with Crippen LogP contribution >= 0.6 is 0 Å². The number of amides is 1. The summed E-state index contributed by atoms with van der Waals surface area (Å²) < 4.78 is 45.1. The first-order valence-electron chi connectivity index (χ1n) is 9.56. The molecule has 6 nitrogen and oxygen atoms in total. The van der Waals surface area contributed by atoms with Gasteiger partial charge in [-0.05, 0) is 61.2 Å². The zero-order chi connectivity index (χ0) is 20.9. The molecule has 2 aromatic rings. The second-order valence-electron chi connectivity index (χ2n) is 7.05. The van der Waals surface area contributed by atoms with Gasteiger partial charge in [0.25, 0.3) is 0 Å². The van der Waals surface area contributed by atoms with Crippen LogP contribution in [0.3, 0.4) is 0 Å². The number of halogens is 1. The first-order valence-corrected chi connectivity index (χ1v) is 11.0. The third kappa shape index (κ3) is 5.33. The fourth-order valence-electron chi connectivity index (χ4n) is 3.40. The number of hydrogen-bond donors (Lipinski definition) is 1. The maximum Gasteiger partial charge on any atom is 0.243 e.